The van der Waals surface area contributed by atoms with Gasteiger partial charge in [0.05, 0.1) is 6.61 Å². The van der Waals surface area contributed by atoms with Crippen LogP contribution in [0.4, 0.5) is 5.82 Å². The molecule has 66 valence electrons. The largest absolute Gasteiger partial charge is 0.392 e. The molecule has 0 aliphatic carbocycles. The highest BCUT2D eigenvalue weighted by Gasteiger charge is 2.04. The molecule has 1 N–H and O–H groups in total. The van der Waals surface area contributed by atoms with Gasteiger partial charge in [-0.3, -0.25) is 0 Å². The van der Waals surface area contributed by atoms with Crippen molar-refractivity contribution in [3.05, 3.63) is 23.9 Å². The monoisotopic (exact) mass is 166 g/mol. The van der Waals surface area contributed by atoms with Crippen molar-refractivity contribution < 1.29 is 5.11 Å². The highest BCUT2D eigenvalue weighted by Crippen LogP contribution is 2.14. The fraction of sp³-hybridized carbons (Fsp3) is 0.444. The molecule has 12 heavy (non-hydrogen) atoms. The lowest BCUT2D eigenvalue weighted by Gasteiger charge is -2.17. The Labute approximate surface area is 72.7 Å². The van der Waals surface area contributed by atoms with Crippen molar-refractivity contribution in [1.82, 2.24) is 4.98 Å². The summed E-state index contributed by atoms with van der Waals surface area (Å²) in [6.07, 6.45) is 1.74. The van der Waals surface area contributed by atoms with Crippen LogP contribution in [0.25, 0.3) is 0 Å². The molecule has 0 aliphatic heterocycles. The summed E-state index contributed by atoms with van der Waals surface area (Å²) in [5, 5.41) is 9.00. The molecule has 0 saturated carbocycles. The molecule has 0 radical (unpaired) electrons. The van der Waals surface area contributed by atoms with Crippen LogP contribution in [0.5, 0.6) is 0 Å². The summed E-state index contributed by atoms with van der Waals surface area (Å²) in [6.45, 7) is 2.99. The van der Waals surface area contributed by atoms with E-state index in [0.29, 0.717) is 0 Å². The molecule has 0 unspecified atom stereocenters. The van der Waals surface area contributed by atoms with E-state index in [1.54, 1.807) is 6.20 Å². The number of hydrogen-bond donors (Lipinski definition) is 1. The second-order valence-corrected chi connectivity index (χ2v) is 2.66. The predicted molar refractivity (Wildman–Crippen MR) is 49.1 cm³/mol. The summed E-state index contributed by atoms with van der Waals surface area (Å²) in [6, 6.07) is 3.72. The molecule has 3 heteroatoms. The molecule has 0 amide bonds. The third-order valence-electron chi connectivity index (χ3n) is 1.87. The van der Waals surface area contributed by atoms with E-state index in [1.807, 2.05) is 24.1 Å². The van der Waals surface area contributed by atoms with Gasteiger partial charge in [0.25, 0.3) is 0 Å². The highest BCUT2D eigenvalue weighted by molar-refractivity contribution is 5.45. The number of aliphatic hydroxyl groups excluding tert-OH is 1. The molecule has 0 bridgehead atoms. The Balaban J connectivity index is 2.96. The summed E-state index contributed by atoms with van der Waals surface area (Å²) in [5.74, 6) is 0.863. The van der Waals surface area contributed by atoms with Crippen LogP contribution in [0.3, 0.4) is 0 Å². The third-order valence-corrected chi connectivity index (χ3v) is 1.87. The van der Waals surface area contributed by atoms with Gasteiger partial charge in [0.2, 0.25) is 0 Å². The zero-order valence-electron chi connectivity index (χ0n) is 7.49. The topological polar surface area (TPSA) is 36.4 Å². The van der Waals surface area contributed by atoms with Crippen LogP contribution in [0, 0.1) is 0 Å². The van der Waals surface area contributed by atoms with Gasteiger partial charge >= 0.3 is 0 Å². The van der Waals surface area contributed by atoms with Crippen molar-refractivity contribution >= 4 is 5.82 Å². The van der Waals surface area contributed by atoms with Crippen LogP contribution in [0.2, 0.25) is 0 Å². The maximum Gasteiger partial charge on any atom is 0.133 e. The van der Waals surface area contributed by atoms with Gasteiger partial charge in [-0.15, -0.1) is 0 Å². The van der Waals surface area contributed by atoms with Gasteiger partial charge in [-0.2, -0.15) is 0 Å². The lowest BCUT2D eigenvalue weighted by atomic mass is 10.2. The van der Waals surface area contributed by atoms with Crippen molar-refractivity contribution in [3.63, 3.8) is 0 Å². The second kappa shape index (κ2) is 4.07. The summed E-state index contributed by atoms with van der Waals surface area (Å²) < 4.78 is 0. The number of rotatable bonds is 3. The number of aromatic nitrogens is 1. The minimum atomic E-state index is 0.0491. The number of anilines is 1. The summed E-state index contributed by atoms with van der Waals surface area (Å²) in [5.41, 5.74) is 0.877. The fourth-order valence-corrected chi connectivity index (χ4v) is 1.05. The molecular weight excluding hydrogens is 152 g/mol. The van der Waals surface area contributed by atoms with Crippen molar-refractivity contribution in [2.24, 2.45) is 0 Å². The summed E-state index contributed by atoms with van der Waals surface area (Å²) in [4.78, 5) is 6.19. The van der Waals surface area contributed by atoms with E-state index < -0.39 is 0 Å². The number of aliphatic hydroxyl groups is 1. The van der Waals surface area contributed by atoms with E-state index in [2.05, 4.69) is 11.9 Å². The van der Waals surface area contributed by atoms with Gasteiger partial charge in [0, 0.05) is 25.4 Å². The molecule has 0 spiro atoms. The van der Waals surface area contributed by atoms with Gasteiger partial charge in [-0.1, -0.05) is 6.07 Å². The van der Waals surface area contributed by atoms with Gasteiger partial charge in [-0.25, -0.2) is 4.98 Å². The maximum absolute atomic E-state index is 9.00. The van der Waals surface area contributed by atoms with Gasteiger partial charge in [0.15, 0.2) is 0 Å². The Hall–Kier alpha value is -1.09. The Morgan fingerprint density at radius 3 is 2.92 bits per heavy atom. The summed E-state index contributed by atoms with van der Waals surface area (Å²) >= 11 is 0. The average Bonchev–Trinajstić information content (AvgIpc) is 2.16. The fourth-order valence-electron chi connectivity index (χ4n) is 1.05. The van der Waals surface area contributed by atoms with Gasteiger partial charge < -0.3 is 10.0 Å². The number of pyridine rings is 1. The first-order valence-corrected chi connectivity index (χ1v) is 4.05. The van der Waals surface area contributed by atoms with E-state index in [9.17, 15) is 0 Å². The van der Waals surface area contributed by atoms with Crippen molar-refractivity contribution in [3.8, 4) is 0 Å². The molecule has 1 aromatic heterocycles. The molecule has 0 fully saturated rings. The first kappa shape index (κ1) is 9.00. The molecule has 1 aromatic rings. The minimum Gasteiger partial charge on any atom is -0.392 e. The van der Waals surface area contributed by atoms with Crippen molar-refractivity contribution in [2.45, 2.75) is 13.5 Å². The molecule has 1 heterocycles. The van der Waals surface area contributed by atoms with Gasteiger partial charge in [-0.05, 0) is 13.0 Å². The molecule has 3 nitrogen and oxygen atoms in total. The highest BCUT2D eigenvalue weighted by atomic mass is 16.3. The van der Waals surface area contributed by atoms with E-state index in [-0.39, 0.29) is 6.61 Å². The lowest BCUT2D eigenvalue weighted by molar-refractivity contribution is 0.281. The Kier molecular flexibility index (Phi) is 3.05. The van der Waals surface area contributed by atoms with E-state index in [4.69, 9.17) is 5.11 Å². The second-order valence-electron chi connectivity index (χ2n) is 2.66. The predicted octanol–water partition coefficient (Wildman–Crippen LogP) is 1.03. The summed E-state index contributed by atoms with van der Waals surface area (Å²) in [7, 11) is 1.96. The van der Waals surface area contributed by atoms with E-state index >= 15 is 0 Å². The molecular formula is C9H14N2O. The van der Waals surface area contributed by atoms with Gasteiger partial charge in [0.1, 0.15) is 5.82 Å². The van der Waals surface area contributed by atoms with Crippen molar-refractivity contribution in [2.75, 3.05) is 18.5 Å². The number of nitrogens with zero attached hydrogens (tertiary/aromatic N) is 2. The normalized spacial score (nSPS) is 9.92. The van der Waals surface area contributed by atoms with E-state index in [1.165, 1.54) is 0 Å². The Morgan fingerprint density at radius 1 is 1.58 bits per heavy atom. The van der Waals surface area contributed by atoms with Crippen LogP contribution in [-0.4, -0.2) is 23.7 Å². The lowest BCUT2D eigenvalue weighted by Crippen LogP contribution is -2.18. The molecule has 1 rings (SSSR count). The van der Waals surface area contributed by atoms with Crippen LogP contribution in [-0.2, 0) is 6.61 Å². The first-order chi connectivity index (χ1) is 5.79. The maximum atomic E-state index is 9.00. The van der Waals surface area contributed by atoms with E-state index in [0.717, 1.165) is 17.9 Å². The molecule has 0 atom stereocenters. The first-order valence-electron chi connectivity index (χ1n) is 4.05. The number of hydrogen-bond acceptors (Lipinski definition) is 3. The quantitative estimate of drug-likeness (QED) is 0.728. The molecule has 0 aliphatic rings. The molecule has 0 aromatic carbocycles. The zero-order chi connectivity index (χ0) is 8.97. The molecule has 0 saturated heterocycles. The standard InChI is InChI=1S/C9H14N2O/c1-3-11(2)9-8(7-12)5-4-6-10-9/h4-6,12H,3,7H2,1-2H3. The van der Waals surface area contributed by atoms with Crippen LogP contribution in [0.1, 0.15) is 12.5 Å². The average molecular weight is 166 g/mol. The smallest absolute Gasteiger partial charge is 0.133 e. The zero-order valence-corrected chi connectivity index (χ0v) is 7.49. The third kappa shape index (κ3) is 1.74. The van der Waals surface area contributed by atoms with Crippen molar-refractivity contribution in [1.29, 1.82) is 0 Å². The SMILES string of the molecule is CCN(C)c1ncccc1CO. The minimum absolute atomic E-state index is 0.0491. The van der Waals surface area contributed by atoms with Crippen LogP contribution >= 0.6 is 0 Å². The van der Waals surface area contributed by atoms with Crippen LogP contribution < -0.4 is 4.90 Å². The Bertz CT molecular complexity index is 250. The Morgan fingerprint density at radius 2 is 2.33 bits per heavy atom. The van der Waals surface area contributed by atoms with Crippen LogP contribution in [0.15, 0.2) is 18.3 Å².